The number of nitrogens with one attached hydrogen (secondary N) is 2. The van der Waals surface area contributed by atoms with Crippen molar-refractivity contribution < 1.29 is 12.8 Å². The Hall–Kier alpha value is -2.41. The Morgan fingerprint density at radius 1 is 1.07 bits per heavy atom. The van der Waals surface area contributed by atoms with Crippen molar-refractivity contribution in [1.29, 1.82) is 0 Å². The van der Waals surface area contributed by atoms with Crippen molar-refractivity contribution in [2.24, 2.45) is 4.99 Å². The van der Waals surface area contributed by atoms with E-state index in [2.05, 4.69) is 34.7 Å². The van der Waals surface area contributed by atoms with Crippen molar-refractivity contribution >= 4 is 15.8 Å². The lowest BCUT2D eigenvalue weighted by Gasteiger charge is -2.24. The molecule has 0 saturated carbocycles. The molecule has 0 heterocycles. The number of benzene rings is 2. The van der Waals surface area contributed by atoms with E-state index < -0.39 is 15.7 Å². The van der Waals surface area contributed by atoms with E-state index in [-0.39, 0.29) is 29.2 Å². The van der Waals surface area contributed by atoms with Crippen LogP contribution in [0.4, 0.5) is 4.39 Å². The fourth-order valence-corrected chi connectivity index (χ4v) is 3.93. The van der Waals surface area contributed by atoms with Gasteiger partial charge in [-0.05, 0) is 24.6 Å². The second-order valence-corrected chi connectivity index (χ2v) is 8.46. The van der Waals surface area contributed by atoms with Gasteiger partial charge in [0.25, 0.3) is 0 Å². The summed E-state index contributed by atoms with van der Waals surface area (Å²) in [6.07, 6.45) is 0. The molecule has 2 unspecified atom stereocenters. The van der Waals surface area contributed by atoms with E-state index in [0.717, 1.165) is 6.07 Å². The second-order valence-electron chi connectivity index (χ2n) is 6.38. The summed E-state index contributed by atoms with van der Waals surface area (Å²) in [6, 6.07) is 15.6. The van der Waals surface area contributed by atoms with Crippen LogP contribution in [0.15, 0.2) is 64.5 Å². The quantitative estimate of drug-likeness (QED) is 0.562. The van der Waals surface area contributed by atoms with E-state index in [1.807, 2.05) is 25.1 Å². The van der Waals surface area contributed by atoms with Crippen LogP contribution < -0.4 is 10.6 Å². The third-order valence-corrected chi connectivity index (χ3v) is 6.24. The molecule has 0 spiro atoms. The van der Waals surface area contributed by atoms with Gasteiger partial charge in [-0.2, -0.15) is 0 Å². The van der Waals surface area contributed by atoms with Crippen LogP contribution >= 0.6 is 0 Å². The number of nitrogens with zero attached hydrogens (tertiary/aromatic N) is 1. The first-order valence-electron chi connectivity index (χ1n) is 8.84. The zero-order chi connectivity index (χ0) is 19.9. The molecule has 0 fully saturated rings. The molecule has 0 bridgehead atoms. The van der Waals surface area contributed by atoms with E-state index >= 15 is 0 Å². The van der Waals surface area contributed by atoms with Gasteiger partial charge in [-0.15, -0.1) is 0 Å². The van der Waals surface area contributed by atoms with Crippen LogP contribution in [0.2, 0.25) is 0 Å². The summed E-state index contributed by atoms with van der Waals surface area (Å²) in [5.74, 6) is -0.205. The van der Waals surface area contributed by atoms with Crippen molar-refractivity contribution in [1.82, 2.24) is 10.6 Å². The van der Waals surface area contributed by atoms with Gasteiger partial charge < -0.3 is 10.6 Å². The molecule has 2 N–H and O–H groups in total. The summed E-state index contributed by atoms with van der Waals surface area (Å²) in [6.45, 7) is 4.28. The average Bonchev–Trinajstić information content (AvgIpc) is 2.67. The fourth-order valence-electron chi connectivity index (χ4n) is 2.69. The molecule has 0 aliphatic rings. The highest BCUT2D eigenvalue weighted by molar-refractivity contribution is 7.91. The number of guanidine groups is 1. The van der Waals surface area contributed by atoms with Gasteiger partial charge in [0.2, 0.25) is 0 Å². The number of halogens is 1. The molecule has 5 nitrogen and oxygen atoms in total. The van der Waals surface area contributed by atoms with E-state index in [0.29, 0.717) is 5.96 Å². The first-order valence-corrected chi connectivity index (χ1v) is 10.5. The van der Waals surface area contributed by atoms with Crippen LogP contribution in [0.25, 0.3) is 0 Å². The summed E-state index contributed by atoms with van der Waals surface area (Å²) in [5.41, 5.74) is 1.20. The first kappa shape index (κ1) is 20.9. The smallest absolute Gasteiger partial charge is 0.191 e. The van der Waals surface area contributed by atoms with Crippen molar-refractivity contribution in [2.45, 2.75) is 30.7 Å². The van der Waals surface area contributed by atoms with Gasteiger partial charge in [0.05, 0.1) is 5.75 Å². The van der Waals surface area contributed by atoms with Crippen LogP contribution in [-0.4, -0.2) is 39.8 Å². The van der Waals surface area contributed by atoms with E-state index in [4.69, 9.17) is 0 Å². The van der Waals surface area contributed by atoms with Crippen LogP contribution in [-0.2, 0) is 9.84 Å². The number of hydrogen-bond acceptors (Lipinski definition) is 3. The molecular weight excluding hydrogens is 365 g/mol. The lowest BCUT2D eigenvalue weighted by molar-refractivity contribution is 0.550. The van der Waals surface area contributed by atoms with Crippen molar-refractivity contribution in [3.05, 3.63) is 66.0 Å². The monoisotopic (exact) mass is 391 g/mol. The molecule has 0 radical (unpaired) electrons. The van der Waals surface area contributed by atoms with E-state index in [1.165, 1.54) is 23.8 Å². The lowest BCUT2D eigenvalue weighted by atomic mass is 9.94. The lowest BCUT2D eigenvalue weighted by Crippen LogP contribution is -2.45. The molecular formula is C20H26FN3O2S. The largest absolute Gasteiger partial charge is 0.355 e. The van der Waals surface area contributed by atoms with Gasteiger partial charge in [-0.1, -0.05) is 49.4 Å². The highest BCUT2D eigenvalue weighted by Crippen LogP contribution is 2.18. The third kappa shape index (κ3) is 5.79. The van der Waals surface area contributed by atoms with Crippen LogP contribution in [0, 0.1) is 5.82 Å². The molecule has 2 rings (SSSR count). The minimum absolute atomic E-state index is 0.0850. The third-order valence-electron chi connectivity index (χ3n) is 4.50. The fraction of sp³-hybridized carbons (Fsp3) is 0.350. The maximum Gasteiger partial charge on any atom is 0.191 e. The molecule has 0 aliphatic heterocycles. The summed E-state index contributed by atoms with van der Waals surface area (Å²) < 4.78 is 38.3. The van der Waals surface area contributed by atoms with Crippen LogP contribution in [0.5, 0.6) is 0 Å². The summed E-state index contributed by atoms with van der Waals surface area (Å²) in [5, 5.41) is 6.26. The van der Waals surface area contributed by atoms with Crippen LogP contribution in [0.1, 0.15) is 25.3 Å². The minimum Gasteiger partial charge on any atom is -0.355 e. The molecule has 0 aliphatic carbocycles. The zero-order valence-electron chi connectivity index (χ0n) is 15.8. The van der Waals surface area contributed by atoms with Gasteiger partial charge in [-0.3, -0.25) is 4.99 Å². The first-order chi connectivity index (χ1) is 12.8. The number of rotatable bonds is 7. The van der Waals surface area contributed by atoms with Crippen molar-refractivity contribution in [3.8, 4) is 0 Å². The zero-order valence-corrected chi connectivity index (χ0v) is 16.6. The SMILES string of the molecule is CN=C(NCCS(=O)(=O)c1ccccc1F)NC(C)C(C)c1ccccc1. The Kier molecular flexibility index (Phi) is 7.36. The van der Waals surface area contributed by atoms with Crippen molar-refractivity contribution in [3.63, 3.8) is 0 Å². The Labute approximate surface area is 160 Å². The van der Waals surface area contributed by atoms with Gasteiger partial charge in [0, 0.05) is 25.6 Å². The predicted octanol–water partition coefficient (Wildman–Crippen LogP) is 2.96. The molecule has 0 aromatic heterocycles. The molecule has 2 aromatic carbocycles. The summed E-state index contributed by atoms with van der Waals surface area (Å²) in [4.78, 5) is 3.86. The van der Waals surface area contributed by atoms with E-state index in [9.17, 15) is 12.8 Å². The molecule has 27 heavy (non-hydrogen) atoms. The normalized spacial score (nSPS) is 14.4. The Morgan fingerprint density at radius 2 is 1.70 bits per heavy atom. The Bertz CT molecular complexity index is 870. The molecule has 0 saturated heterocycles. The van der Waals surface area contributed by atoms with Gasteiger partial charge >= 0.3 is 0 Å². The topological polar surface area (TPSA) is 70.6 Å². The second kappa shape index (κ2) is 9.50. The van der Waals surface area contributed by atoms with Gasteiger partial charge in [0.1, 0.15) is 10.7 Å². The number of aliphatic imine (C=N–C) groups is 1. The highest BCUT2D eigenvalue weighted by atomic mass is 32.2. The predicted molar refractivity (Wildman–Crippen MR) is 107 cm³/mol. The summed E-state index contributed by atoms with van der Waals surface area (Å²) >= 11 is 0. The average molecular weight is 392 g/mol. The van der Waals surface area contributed by atoms with Gasteiger partial charge in [-0.25, -0.2) is 12.8 Å². The minimum atomic E-state index is -3.70. The maximum absolute atomic E-state index is 13.7. The van der Waals surface area contributed by atoms with Crippen molar-refractivity contribution in [2.75, 3.05) is 19.3 Å². The number of sulfone groups is 1. The molecule has 2 aromatic rings. The Balaban J connectivity index is 1.91. The number of hydrogen-bond donors (Lipinski definition) is 2. The summed E-state index contributed by atoms with van der Waals surface area (Å²) in [7, 11) is -2.08. The molecule has 146 valence electrons. The Morgan fingerprint density at radius 3 is 2.33 bits per heavy atom. The van der Waals surface area contributed by atoms with E-state index in [1.54, 1.807) is 7.05 Å². The van der Waals surface area contributed by atoms with Crippen LogP contribution in [0.3, 0.4) is 0 Å². The standard InChI is InChI=1S/C20H26FN3O2S/c1-15(17-9-5-4-6-10-17)16(2)24-20(22-3)23-13-14-27(25,26)19-12-8-7-11-18(19)21/h4-12,15-16H,13-14H2,1-3H3,(H2,22,23,24). The molecule has 2 atom stereocenters. The molecule has 7 heteroatoms. The van der Waals surface area contributed by atoms with Gasteiger partial charge in [0.15, 0.2) is 15.8 Å². The maximum atomic E-state index is 13.7. The molecule has 0 amide bonds. The highest BCUT2D eigenvalue weighted by Gasteiger charge is 2.19.